The van der Waals surface area contributed by atoms with Crippen LogP contribution in [0.3, 0.4) is 0 Å². The van der Waals surface area contributed by atoms with Gasteiger partial charge in [-0.05, 0) is 41.8 Å². The van der Waals surface area contributed by atoms with Crippen molar-refractivity contribution in [3.63, 3.8) is 0 Å². The number of aryl methyl sites for hydroxylation is 2. The first kappa shape index (κ1) is 24.4. The summed E-state index contributed by atoms with van der Waals surface area (Å²) in [6, 6.07) is 24.6. The van der Waals surface area contributed by atoms with E-state index in [1.165, 1.54) is 6.08 Å². The number of ether oxygens (including phenoxy) is 1. The molecular weight excluding hydrogens is 456 g/mol. The van der Waals surface area contributed by atoms with Crippen molar-refractivity contribution in [1.82, 2.24) is 9.88 Å². The van der Waals surface area contributed by atoms with E-state index in [-0.39, 0.29) is 18.1 Å². The minimum absolute atomic E-state index is 0.0601. The van der Waals surface area contributed by atoms with Crippen molar-refractivity contribution in [3.8, 4) is 11.6 Å². The quantitative estimate of drug-likeness (QED) is 0.258. The molecule has 8 heteroatoms. The highest BCUT2D eigenvalue weighted by Gasteiger charge is 2.16. The molecule has 2 amide bonds. The number of rotatable bonds is 9. The summed E-state index contributed by atoms with van der Waals surface area (Å²) in [5.41, 5.74) is 2.97. The van der Waals surface area contributed by atoms with Gasteiger partial charge >= 0.3 is 0 Å². The van der Waals surface area contributed by atoms with E-state index in [1.54, 1.807) is 29.9 Å². The van der Waals surface area contributed by atoms with Crippen molar-refractivity contribution in [2.75, 3.05) is 13.7 Å². The van der Waals surface area contributed by atoms with Gasteiger partial charge in [-0.1, -0.05) is 60.7 Å². The summed E-state index contributed by atoms with van der Waals surface area (Å²) >= 11 is 0. The molecule has 1 heterocycles. The monoisotopic (exact) mass is 482 g/mol. The number of aromatic nitrogens is 1. The summed E-state index contributed by atoms with van der Waals surface area (Å²) in [5, 5.41) is 21.7. The zero-order valence-corrected chi connectivity index (χ0v) is 19.8. The fraction of sp³-hybridized carbons (Fsp3) is 0.143. The average molecular weight is 483 g/mol. The van der Waals surface area contributed by atoms with Crippen LogP contribution in [0.4, 0.5) is 5.69 Å². The lowest BCUT2D eigenvalue weighted by Gasteiger charge is -2.07. The number of nitrogens with zero attached hydrogens (tertiary/aromatic N) is 3. The van der Waals surface area contributed by atoms with Crippen LogP contribution in [0.5, 0.6) is 11.6 Å². The maximum atomic E-state index is 12.2. The van der Waals surface area contributed by atoms with Crippen molar-refractivity contribution in [1.29, 1.82) is 0 Å². The van der Waals surface area contributed by atoms with E-state index in [2.05, 4.69) is 15.5 Å². The predicted molar refractivity (Wildman–Crippen MR) is 138 cm³/mol. The van der Waals surface area contributed by atoms with Crippen molar-refractivity contribution >= 4 is 34.5 Å². The lowest BCUT2D eigenvalue weighted by atomic mass is 10.1. The summed E-state index contributed by atoms with van der Waals surface area (Å²) in [4.78, 5) is 24.3. The van der Waals surface area contributed by atoms with Crippen molar-refractivity contribution < 1.29 is 19.4 Å². The van der Waals surface area contributed by atoms with Crippen LogP contribution in [0.25, 0.3) is 17.0 Å². The highest BCUT2D eigenvalue weighted by molar-refractivity contribution is 5.96. The molecule has 0 bridgehead atoms. The van der Waals surface area contributed by atoms with E-state index < -0.39 is 11.8 Å². The summed E-state index contributed by atoms with van der Waals surface area (Å²) in [6.45, 7) is 0.221. The predicted octanol–water partition coefficient (Wildman–Crippen LogP) is 5.04. The largest absolute Gasteiger partial charge is 0.497 e. The molecule has 0 saturated carbocycles. The molecule has 0 atom stereocenters. The number of fused-ring (bicyclic) bond motifs is 1. The Bertz CT molecular complexity index is 1410. The smallest absolute Gasteiger partial charge is 0.283 e. The molecule has 8 nitrogen and oxygen atoms in total. The molecule has 182 valence electrons. The van der Waals surface area contributed by atoms with E-state index >= 15 is 0 Å². The van der Waals surface area contributed by atoms with Crippen molar-refractivity contribution in [2.45, 2.75) is 13.0 Å². The molecule has 0 aliphatic heterocycles. The molecule has 0 aliphatic rings. The second-order valence-electron chi connectivity index (χ2n) is 7.99. The third-order valence-electron chi connectivity index (χ3n) is 5.60. The van der Waals surface area contributed by atoms with Crippen molar-refractivity contribution in [2.24, 2.45) is 10.2 Å². The van der Waals surface area contributed by atoms with Crippen LogP contribution in [-0.2, 0) is 22.6 Å². The van der Waals surface area contributed by atoms with Crippen LogP contribution in [0, 0.1) is 0 Å². The first-order valence-electron chi connectivity index (χ1n) is 11.4. The molecular formula is C28H26N4O4. The molecule has 0 fully saturated rings. The number of azo groups is 1. The molecule has 0 aliphatic carbocycles. The van der Waals surface area contributed by atoms with Crippen LogP contribution in [0.1, 0.15) is 11.1 Å². The third kappa shape index (κ3) is 6.04. The molecule has 2 N–H and O–H groups in total. The lowest BCUT2D eigenvalue weighted by Crippen LogP contribution is -2.26. The Hall–Kier alpha value is -4.72. The highest BCUT2D eigenvalue weighted by Crippen LogP contribution is 2.38. The molecule has 4 aromatic rings. The van der Waals surface area contributed by atoms with Gasteiger partial charge in [0, 0.05) is 18.0 Å². The zero-order valence-electron chi connectivity index (χ0n) is 19.8. The second kappa shape index (κ2) is 11.6. The summed E-state index contributed by atoms with van der Waals surface area (Å²) in [7, 11) is 1.58. The molecule has 1 aromatic heterocycles. The Morgan fingerprint density at radius 3 is 2.47 bits per heavy atom. The number of amides is 2. The number of benzene rings is 3. The maximum Gasteiger partial charge on any atom is 0.283 e. The van der Waals surface area contributed by atoms with Crippen LogP contribution >= 0.6 is 0 Å². The van der Waals surface area contributed by atoms with E-state index in [4.69, 9.17) is 4.74 Å². The van der Waals surface area contributed by atoms with Crippen LogP contribution in [0.15, 0.2) is 95.2 Å². The molecule has 4 rings (SSSR count). The molecule has 3 aromatic carbocycles. The second-order valence-corrected chi connectivity index (χ2v) is 7.99. The van der Waals surface area contributed by atoms with Gasteiger partial charge in [0.05, 0.1) is 12.6 Å². The van der Waals surface area contributed by atoms with Gasteiger partial charge in [-0.3, -0.25) is 9.59 Å². The van der Waals surface area contributed by atoms with Gasteiger partial charge in [0.1, 0.15) is 12.3 Å². The molecule has 0 spiro atoms. The van der Waals surface area contributed by atoms with Gasteiger partial charge in [0.2, 0.25) is 11.8 Å². The Labute approximate surface area is 208 Å². The Kier molecular flexibility index (Phi) is 7.87. The van der Waals surface area contributed by atoms with E-state index in [1.807, 2.05) is 66.7 Å². The Morgan fingerprint density at radius 2 is 1.72 bits per heavy atom. The van der Waals surface area contributed by atoms with E-state index in [0.717, 1.165) is 28.8 Å². The standard InChI is InChI=1S/C28H26N4O4/c1-36-22-14-11-21(12-15-22)13-16-25(33)29-19-26(34)30-31-27-23-9-5-6-10-24(23)32(28(27)35)18-17-20-7-3-2-4-8-20/h2-16,35H,17-19H2,1H3,(H,29,33)/b16-13+,31-30?. The molecule has 0 unspecified atom stereocenters. The topological polar surface area (TPSA) is 105 Å². The number of hydrogen-bond donors (Lipinski definition) is 2. The average Bonchev–Trinajstić information content (AvgIpc) is 3.19. The number of carbonyl (C=O) groups excluding carboxylic acids is 2. The zero-order chi connectivity index (χ0) is 25.3. The minimum Gasteiger partial charge on any atom is -0.497 e. The molecule has 0 saturated heterocycles. The van der Waals surface area contributed by atoms with Crippen molar-refractivity contribution in [3.05, 3.63) is 96.1 Å². The Morgan fingerprint density at radius 1 is 1.00 bits per heavy atom. The number of methoxy groups -OCH3 is 1. The van der Waals surface area contributed by atoms with E-state index in [9.17, 15) is 14.7 Å². The number of hydrogen-bond acceptors (Lipinski definition) is 5. The van der Waals surface area contributed by atoms with Gasteiger partial charge < -0.3 is 19.7 Å². The maximum absolute atomic E-state index is 12.2. The lowest BCUT2D eigenvalue weighted by molar-refractivity contribution is -0.122. The van der Waals surface area contributed by atoms with Crippen LogP contribution < -0.4 is 10.1 Å². The van der Waals surface area contributed by atoms with E-state index in [0.29, 0.717) is 11.9 Å². The number of para-hydroxylation sites is 1. The van der Waals surface area contributed by atoms with Crippen LogP contribution in [0.2, 0.25) is 0 Å². The first-order chi connectivity index (χ1) is 17.5. The van der Waals surface area contributed by atoms with Crippen LogP contribution in [-0.4, -0.2) is 35.1 Å². The molecule has 0 radical (unpaired) electrons. The fourth-order valence-corrected chi connectivity index (χ4v) is 3.73. The normalized spacial score (nSPS) is 11.4. The summed E-state index contributed by atoms with van der Waals surface area (Å²) in [6.07, 6.45) is 3.68. The summed E-state index contributed by atoms with van der Waals surface area (Å²) < 4.78 is 6.86. The van der Waals surface area contributed by atoms with Gasteiger partial charge in [-0.25, -0.2) is 0 Å². The number of nitrogens with one attached hydrogen (secondary N) is 1. The van der Waals surface area contributed by atoms with Gasteiger partial charge in [-0.2, -0.15) is 0 Å². The van der Waals surface area contributed by atoms with Gasteiger partial charge in [0.25, 0.3) is 5.91 Å². The first-order valence-corrected chi connectivity index (χ1v) is 11.4. The number of aromatic hydroxyl groups is 1. The third-order valence-corrected chi connectivity index (χ3v) is 5.60. The fourth-order valence-electron chi connectivity index (χ4n) is 3.73. The van der Waals surface area contributed by atoms with Gasteiger partial charge in [0.15, 0.2) is 5.69 Å². The number of carbonyl (C=O) groups is 2. The summed E-state index contributed by atoms with van der Waals surface area (Å²) in [5.74, 6) is -0.413. The SMILES string of the molecule is COc1ccc(/C=C/C(=O)NCC(=O)N=Nc2c(O)n(CCc3ccccc3)c3ccccc23)cc1. The minimum atomic E-state index is -0.637. The highest BCUT2D eigenvalue weighted by atomic mass is 16.5. The molecule has 36 heavy (non-hydrogen) atoms. The van der Waals surface area contributed by atoms with Gasteiger partial charge in [-0.15, -0.1) is 10.2 Å². The Balaban J connectivity index is 1.39.